The second kappa shape index (κ2) is 10.2. The maximum atomic E-state index is 6.37. The fourth-order valence-electron chi connectivity index (χ4n) is 3.57. The smallest absolute Gasteiger partial charge is 0.204 e. The first-order valence-corrected chi connectivity index (χ1v) is 11.5. The lowest BCUT2D eigenvalue weighted by Crippen LogP contribution is -2.00. The summed E-state index contributed by atoms with van der Waals surface area (Å²) in [5, 5.41) is 3.84. The van der Waals surface area contributed by atoms with Crippen molar-refractivity contribution < 1.29 is 0 Å². The minimum atomic E-state index is 0.285. The molecule has 3 nitrogen and oxygen atoms in total. The van der Waals surface area contributed by atoms with Crippen molar-refractivity contribution in [2.75, 3.05) is 0 Å². The number of aromatic nitrogens is 3. The van der Waals surface area contributed by atoms with E-state index in [-0.39, 0.29) is 6.04 Å². The Hall–Kier alpha value is -1.39. The summed E-state index contributed by atoms with van der Waals surface area (Å²) in [6.45, 7) is 12.3. The van der Waals surface area contributed by atoms with Crippen LogP contribution in [0.1, 0.15) is 84.9 Å². The van der Waals surface area contributed by atoms with Crippen molar-refractivity contribution in [3.63, 3.8) is 0 Å². The van der Waals surface area contributed by atoms with Crippen molar-refractivity contribution >= 4 is 34.0 Å². The molecule has 2 aromatic heterocycles. The zero-order chi connectivity index (χ0) is 20.0. The Balaban J connectivity index is 0.000000614. The van der Waals surface area contributed by atoms with Crippen LogP contribution in [0.2, 0.25) is 5.28 Å². The molecular weight excluding hydrogens is 374 g/mol. The van der Waals surface area contributed by atoms with Crippen LogP contribution in [-0.4, -0.2) is 14.5 Å². The zero-order valence-corrected chi connectivity index (χ0v) is 19.0. The number of rotatable bonds is 3. The fourth-order valence-corrected chi connectivity index (χ4v) is 4.87. The number of halogens is 1. The van der Waals surface area contributed by atoms with Gasteiger partial charge in [-0.1, -0.05) is 46.6 Å². The third-order valence-corrected chi connectivity index (χ3v) is 5.88. The van der Waals surface area contributed by atoms with Gasteiger partial charge in [-0.3, -0.25) is 0 Å². The van der Waals surface area contributed by atoms with Crippen molar-refractivity contribution in [2.24, 2.45) is 0 Å². The van der Waals surface area contributed by atoms with Crippen LogP contribution in [0.3, 0.4) is 0 Å². The van der Waals surface area contributed by atoms with E-state index in [0.29, 0.717) is 11.2 Å². The fraction of sp³-hybridized carbons (Fsp3) is 0.545. The number of hydrogen-bond donors (Lipinski definition) is 0. The van der Waals surface area contributed by atoms with Crippen LogP contribution in [0.5, 0.6) is 0 Å². The van der Waals surface area contributed by atoms with Gasteiger partial charge in [-0.2, -0.15) is 0 Å². The van der Waals surface area contributed by atoms with E-state index in [2.05, 4.69) is 47.0 Å². The SMILES string of the molecule is CC.CC.CC(C)n1c(Cl)nc2c(-c3nc(C4CCCC4)cs3)cccc21. The van der Waals surface area contributed by atoms with Crippen LogP contribution in [0.15, 0.2) is 23.6 Å². The molecular formula is C22H32ClN3S. The number of thiazole rings is 1. The van der Waals surface area contributed by atoms with Gasteiger partial charge in [-0.15, -0.1) is 11.3 Å². The highest BCUT2D eigenvalue weighted by atomic mass is 35.5. The Morgan fingerprint density at radius 2 is 1.74 bits per heavy atom. The molecule has 0 unspecified atom stereocenters. The highest BCUT2D eigenvalue weighted by Crippen LogP contribution is 2.38. The Bertz CT molecular complexity index is 844. The van der Waals surface area contributed by atoms with E-state index >= 15 is 0 Å². The number of benzene rings is 1. The van der Waals surface area contributed by atoms with Gasteiger partial charge in [0, 0.05) is 22.9 Å². The topological polar surface area (TPSA) is 30.7 Å². The predicted molar refractivity (Wildman–Crippen MR) is 120 cm³/mol. The zero-order valence-electron chi connectivity index (χ0n) is 17.4. The van der Waals surface area contributed by atoms with Crippen LogP contribution in [0.25, 0.3) is 21.6 Å². The van der Waals surface area contributed by atoms with E-state index in [1.54, 1.807) is 11.3 Å². The molecule has 0 amide bonds. The molecule has 1 fully saturated rings. The maximum Gasteiger partial charge on any atom is 0.204 e. The van der Waals surface area contributed by atoms with Crippen LogP contribution in [0, 0.1) is 0 Å². The molecule has 0 bridgehead atoms. The molecule has 0 aliphatic heterocycles. The largest absolute Gasteiger partial charge is 0.312 e. The quantitative estimate of drug-likeness (QED) is 0.440. The lowest BCUT2D eigenvalue weighted by molar-refractivity contribution is 0.618. The minimum absolute atomic E-state index is 0.285. The third-order valence-electron chi connectivity index (χ3n) is 4.72. The Morgan fingerprint density at radius 1 is 1.07 bits per heavy atom. The summed E-state index contributed by atoms with van der Waals surface area (Å²) in [4.78, 5) is 9.54. The van der Waals surface area contributed by atoms with Gasteiger partial charge in [0.1, 0.15) is 10.5 Å². The molecule has 0 saturated heterocycles. The first-order chi connectivity index (χ1) is 13.1. The standard InChI is InChI=1S/C18H20ClN3S.2C2H6/c1-11(2)22-15-9-5-8-13(16(15)21-18(22)19)17-20-14(10-23-17)12-6-3-4-7-12;2*1-2/h5,8-12H,3-4,6-7H2,1-2H3;2*1-2H3. The second-order valence-corrected chi connectivity index (χ2v) is 7.77. The summed E-state index contributed by atoms with van der Waals surface area (Å²) in [5.74, 6) is 0.649. The molecule has 1 aromatic carbocycles. The summed E-state index contributed by atoms with van der Waals surface area (Å²) in [7, 11) is 0. The number of fused-ring (bicyclic) bond motifs is 1. The molecule has 1 aliphatic rings. The summed E-state index contributed by atoms with van der Waals surface area (Å²) >= 11 is 8.09. The molecule has 1 saturated carbocycles. The average molecular weight is 406 g/mol. The van der Waals surface area contributed by atoms with Gasteiger partial charge in [0.25, 0.3) is 0 Å². The highest BCUT2D eigenvalue weighted by molar-refractivity contribution is 7.13. The van der Waals surface area contributed by atoms with Crippen LogP contribution in [0.4, 0.5) is 0 Å². The van der Waals surface area contributed by atoms with Gasteiger partial charge in [0.05, 0.1) is 11.2 Å². The van der Waals surface area contributed by atoms with Gasteiger partial charge < -0.3 is 4.57 Å². The van der Waals surface area contributed by atoms with Crippen molar-refractivity contribution in [3.8, 4) is 10.6 Å². The van der Waals surface area contributed by atoms with Gasteiger partial charge >= 0.3 is 0 Å². The van der Waals surface area contributed by atoms with Crippen molar-refractivity contribution in [1.29, 1.82) is 0 Å². The second-order valence-electron chi connectivity index (χ2n) is 6.58. The molecule has 27 heavy (non-hydrogen) atoms. The van der Waals surface area contributed by atoms with E-state index in [0.717, 1.165) is 21.6 Å². The summed E-state index contributed by atoms with van der Waals surface area (Å²) in [6.07, 6.45) is 5.23. The monoisotopic (exact) mass is 405 g/mol. The normalized spacial score (nSPS) is 14.1. The maximum absolute atomic E-state index is 6.37. The first-order valence-electron chi connectivity index (χ1n) is 10.3. The Labute approximate surface area is 172 Å². The highest BCUT2D eigenvalue weighted by Gasteiger charge is 2.21. The van der Waals surface area contributed by atoms with Crippen LogP contribution < -0.4 is 0 Å². The van der Waals surface area contributed by atoms with Gasteiger partial charge in [-0.05, 0) is 50.4 Å². The van der Waals surface area contributed by atoms with Crippen molar-refractivity contribution in [3.05, 3.63) is 34.6 Å². The molecule has 0 spiro atoms. The Kier molecular flexibility index (Phi) is 8.30. The summed E-state index contributed by atoms with van der Waals surface area (Å²) < 4.78 is 2.08. The van der Waals surface area contributed by atoms with Gasteiger partial charge in [0.2, 0.25) is 5.28 Å². The average Bonchev–Trinajstić information content (AvgIpc) is 3.43. The predicted octanol–water partition coefficient (Wildman–Crippen LogP) is 8.10. The number of para-hydroxylation sites is 1. The van der Waals surface area contributed by atoms with E-state index in [9.17, 15) is 0 Å². The molecule has 148 valence electrons. The number of hydrogen-bond acceptors (Lipinski definition) is 3. The van der Waals surface area contributed by atoms with E-state index in [1.807, 2.05) is 27.7 Å². The molecule has 5 heteroatoms. The lowest BCUT2D eigenvalue weighted by atomic mass is 10.1. The van der Waals surface area contributed by atoms with E-state index in [4.69, 9.17) is 16.6 Å². The van der Waals surface area contributed by atoms with E-state index < -0.39 is 0 Å². The van der Waals surface area contributed by atoms with E-state index in [1.165, 1.54) is 31.4 Å². The molecule has 4 rings (SSSR count). The third kappa shape index (κ3) is 4.55. The first kappa shape index (κ1) is 21.9. The summed E-state index contributed by atoms with van der Waals surface area (Å²) in [5.41, 5.74) is 4.39. The molecule has 1 aliphatic carbocycles. The van der Waals surface area contributed by atoms with Gasteiger partial charge in [-0.25, -0.2) is 9.97 Å². The number of imidazole rings is 1. The lowest BCUT2D eigenvalue weighted by Gasteiger charge is -2.09. The van der Waals surface area contributed by atoms with Crippen LogP contribution >= 0.6 is 22.9 Å². The number of nitrogens with zero attached hydrogens (tertiary/aromatic N) is 3. The molecule has 0 radical (unpaired) electrons. The minimum Gasteiger partial charge on any atom is -0.312 e. The molecule has 2 heterocycles. The summed E-state index contributed by atoms with van der Waals surface area (Å²) in [6, 6.07) is 6.55. The Morgan fingerprint density at radius 3 is 2.37 bits per heavy atom. The van der Waals surface area contributed by atoms with Crippen molar-refractivity contribution in [1.82, 2.24) is 14.5 Å². The van der Waals surface area contributed by atoms with Gasteiger partial charge in [0.15, 0.2) is 0 Å². The molecule has 0 atom stereocenters. The van der Waals surface area contributed by atoms with Crippen molar-refractivity contribution in [2.45, 2.75) is 79.2 Å². The molecule has 3 aromatic rings. The van der Waals surface area contributed by atoms with Crippen LogP contribution in [-0.2, 0) is 0 Å². The molecule has 0 N–H and O–H groups in total.